The number of hydrogen-bond acceptors (Lipinski definition) is 6. The van der Waals surface area contributed by atoms with Crippen LogP contribution in [-0.4, -0.2) is 43.6 Å². The molecule has 3 aromatic heterocycles. The van der Waals surface area contributed by atoms with Crippen LogP contribution in [0.2, 0.25) is 0 Å². The first-order chi connectivity index (χ1) is 18.0. The van der Waals surface area contributed by atoms with Gasteiger partial charge in [0.1, 0.15) is 11.3 Å². The van der Waals surface area contributed by atoms with Crippen LogP contribution in [0.25, 0.3) is 33.8 Å². The standard InChI is InChI=1S/C30H31N7/c1-18-13-22(14-18)25-10-11-26-30(34-25)37(29(35-26)24-3-2-12-33-28(24)32)23-8-4-19(5-9-23)15-36-16-20-6-7-21(17-36)27(20)31/h2-5,8-14,20-21,27H,6-7,15-17,31H2,1H3,(H2,32,33). The van der Waals surface area contributed by atoms with E-state index in [0.29, 0.717) is 23.7 Å². The monoisotopic (exact) mass is 489 g/mol. The fraction of sp³-hybridized carbons (Fsp3) is 0.300. The van der Waals surface area contributed by atoms with E-state index in [1.165, 1.54) is 24.0 Å². The molecule has 4 heterocycles. The van der Waals surface area contributed by atoms with E-state index in [-0.39, 0.29) is 0 Å². The van der Waals surface area contributed by atoms with Gasteiger partial charge in [-0.2, -0.15) is 0 Å². The molecule has 3 aliphatic rings. The second-order valence-corrected chi connectivity index (χ2v) is 10.8. The van der Waals surface area contributed by atoms with Crippen molar-refractivity contribution < 1.29 is 0 Å². The summed E-state index contributed by atoms with van der Waals surface area (Å²) in [6, 6.07) is 17.1. The highest BCUT2D eigenvalue weighted by Crippen LogP contribution is 2.36. The van der Waals surface area contributed by atoms with Crippen molar-refractivity contribution in [2.45, 2.75) is 32.4 Å². The molecule has 1 aromatic carbocycles. The minimum Gasteiger partial charge on any atom is -0.383 e. The smallest absolute Gasteiger partial charge is 0.165 e. The van der Waals surface area contributed by atoms with Crippen molar-refractivity contribution in [3.8, 4) is 17.1 Å². The Hall–Kier alpha value is -3.81. The molecule has 0 spiro atoms. The number of anilines is 1. The third kappa shape index (κ3) is 3.86. The van der Waals surface area contributed by atoms with Gasteiger partial charge in [-0.3, -0.25) is 9.47 Å². The van der Waals surface area contributed by atoms with E-state index >= 15 is 0 Å². The predicted molar refractivity (Wildman–Crippen MR) is 148 cm³/mol. The molecule has 1 saturated heterocycles. The lowest BCUT2D eigenvalue weighted by atomic mass is 9.93. The lowest BCUT2D eigenvalue weighted by Crippen LogP contribution is -2.48. The molecular formula is C30H31N7. The molecule has 4 aromatic rings. The van der Waals surface area contributed by atoms with Gasteiger partial charge in [0.05, 0.1) is 11.3 Å². The predicted octanol–water partition coefficient (Wildman–Crippen LogP) is 4.58. The van der Waals surface area contributed by atoms with Gasteiger partial charge < -0.3 is 11.5 Å². The van der Waals surface area contributed by atoms with E-state index in [2.05, 4.69) is 57.8 Å². The maximum atomic E-state index is 6.42. The Morgan fingerprint density at radius 3 is 2.41 bits per heavy atom. The van der Waals surface area contributed by atoms with E-state index in [4.69, 9.17) is 21.4 Å². The third-order valence-corrected chi connectivity index (χ3v) is 8.23. The van der Waals surface area contributed by atoms with Gasteiger partial charge in [-0.15, -0.1) is 0 Å². The lowest BCUT2D eigenvalue weighted by molar-refractivity contribution is 0.140. The van der Waals surface area contributed by atoms with E-state index < -0.39 is 0 Å². The number of allylic oxidation sites excluding steroid dienone is 4. The zero-order valence-electron chi connectivity index (χ0n) is 21.0. The zero-order valence-corrected chi connectivity index (χ0v) is 21.0. The first kappa shape index (κ1) is 22.4. The van der Waals surface area contributed by atoms with Crippen molar-refractivity contribution in [3.05, 3.63) is 83.7 Å². The van der Waals surface area contributed by atoms with Crippen LogP contribution in [0, 0.1) is 11.8 Å². The number of likely N-dealkylation sites (tertiary alicyclic amines) is 1. The molecule has 1 aliphatic heterocycles. The van der Waals surface area contributed by atoms with E-state index in [0.717, 1.165) is 59.1 Å². The molecule has 4 N–H and O–H groups in total. The van der Waals surface area contributed by atoms with Gasteiger partial charge in [-0.25, -0.2) is 15.0 Å². The summed E-state index contributed by atoms with van der Waals surface area (Å²) in [5, 5.41) is 0. The summed E-state index contributed by atoms with van der Waals surface area (Å²) in [6.45, 7) is 5.26. The largest absolute Gasteiger partial charge is 0.383 e. The number of nitrogen functional groups attached to an aromatic ring is 1. The fourth-order valence-corrected chi connectivity index (χ4v) is 6.27. The number of fused-ring (bicyclic) bond motifs is 3. The van der Waals surface area contributed by atoms with Crippen molar-refractivity contribution in [3.63, 3.8) is 0 Å². The average molecular weight is 490 g/mol. The van der Waals surface area contributed by atoms with Crippen molar-refractivity contribution in [2.75, 3.05) is 18.8 Å². The van der Waals surface area contributed by atoms with E-state index in [1.807, 2.05) is 24.3 Å². The number of aromatic nitrogens is 4. The van der Waals surface area contributed by atoms with Gasteiger partial charge in [0.15, 0.2) is 11.5 Å². The van der Waals surface area contributed by atoms with Crippen LogP contribution >= 0.6 is 0 Å². The Labute approximate surface area is 216 Å². The van der Waals surface area contributed by atoms with E-state index in [1.54, 1.807) is 6.20 Å². The van der Waals surface area contributed by atoms with Crippen LogP contribution in [0.15, 0.2) is 72.5 Å². The second-order valence-electron chi connectivity index (χ2n) is 10.8. The van der Waals surface area contributed by atoms with Crippen LogP contribution in [0.1, 0.15) is 31.0 Å². The number of nitrogens with zero attached hydrogens (tertiary/aromatic N) is 5. The summed E-state index contributed by atoms with van der Waals surface area (Å²) in [5.74, 6) is 2.49. The van der Waals surface area contributed by atoms with Crippen LogP contribution < -0.4 is 11.5 Å². The van der Waals surface area contributed by atoms with Crippen molar-refractivity contribution >= 4 is 22.6 Å². The Balaban J connectivity index is 1.26. The van der Waals surface area contributed by atoms with Crippen LogP contribution in [0.5, 0.6) is 0 Å². The normalized spacial score (nSPS) is 23.1. The third-order valence-electron chi connectivity index (χ3n) is 8.23. The van der Waals surface area contributed by atoms with E-state index in [9.17, 15) is 0 Å². The molecule has 7 rings (SSSR count). The molecule has 186 valence electrons. The first-order valence-electron chi connectivity index (χ1n) is 13.1. The molecule has 37 heavy (non-hydrogen) atoms. The first-order valence-corrected chi connectivity index (χ1v) is 13.1. The molecule has 2 fully saturated rings. The summed E-state index contributed by atoms with van der Waals surface area (Å²) < 4.78 is 2.10. The number of hydrogen-bond donors (Lipinski definition) is 2. The molecule has 2 bridgehead atoms. The Kier molecular flexibility index (Phi) is 5.23. The fourth-order valence-electron chi connectivity index (χ4n) is 6.27. The number of nitrogens with two attached hydrogens (primary N) is 2. The Bertz CT molecular complexity index is 1550. The molecule has 0 amide bonds. The van der Waals surface area contributed by atoms with Crippen LogP contribution in [-0.2, 0) is 6.54 Å². The number of imidazole rings is 1. The van der Waals surface area contributed by atoms with Gasteiger partial charge in [-0.05, 0) is 91.3 Å². The van der Waals surface area contributed by atoms with Gasteiger partial charge in [0, 0.05) is 43.1 Å². The van der Waals surface area contributed by atoms with Gasteiger partial charge in [0.2, 0.25) is 0 Å². The summed E-state index contributed by atoms with van der Waals surface area (Å²) in [5.41, 5.74) is 20.8. The molecule has 1 saturated carbocycles. The summed E-state index contributed by atoms with van der Waals surface area (Å²) in [6.07, 6.45) is 8.56. The highest BCUT2D eigenvalue weighted by Gasteiger charge is 2.39. The van der Waals surface area contributed by atoms with Crippen molar-refractivity contribution in [2.24, 2.45) is 17.6 Å². The molecular weight excluding hydrogens is 458 g/mol. The van der Waals surface area contributed by atoms with Crippen LogP contribution in [0.4, 0.5) is 5.82 Å². The lowest BCUT2D eigenvalue weighted by Gasteiger charge is -2.36. The number of benzene rings is 1. The Morgan fingerprint density at radius 2 is 1.70 bits per heavy atom. The summed E-state index contributed by atoms with van der Waals surface area (Å²) in [7, 11) is 0. The summed E-state index contributed by atoms with van der Waals surface area (Å²) in [4.78, 5) is 16.9. The molecule has 2 unspecified atom stereocenters. The van der Waals surface area contributed by atoms with Crippen molar-refractivity contribution in [1.29, 1.82) is 0 Å². The molecule has 7 nitrogen and oxygen atoms in total. The molecule has 2 atom stereocenters. The highest BCUT2D eigenvalue weighted by atomic mass is 15.2. The summed E-state index contributed by atoms with van der Waals surface area (Å²) >= 11 is 0. The maximum Gasteiger partial charge on any atom is 0.165 e. The van der Waals surface area contributed by atoms with Gasteiger partial charge in [0.25, 0.3) is 0 Å². The molecule has 0 radical (unpaired) electrons. The average Bonchev–Trinajstić information content (AvgIpc) is 3.34. The van der Waals surface area contributed by atoms with Crippen molar-refractivity contribution in [1.82, 2.24) is 24.4 Å². The number of rotatable bonds is 5. The minimum atomic E-state index is 0.388. The maximum absolute atomic E-state index is 6.42. The second kappa shape index (κ2) is 8.64. The number of piperidine rings is 1. The SMILES string of the molecule is CC1=CC(c2ccc3nc(-c4cccnc4N)n(-c4ccc(CN5CC6CCC(C5)C6N)cc4)c3n2)=C1. The molecule has 2 aliphatic carbocycles. The highest BCUT2D eigenvalue weighted by molar-refractivity contribution is 5.87. The zero-order chi connectivity index (χ0) is 25.1. The van der Waals surface area contributed by atoms with Gasteiger partial charge >= 0.3 is 0 Å². The van der Waals surface area contributed by atoms with Crippen LogP contribution in [0.3, 0.4) is 0 Å². The number of pyridine rings is 2. The topological polar surface area (TPSA) is 98.9 Å². The van der Waals surface area contributed by atoms with Gasteiger partial charge in [-0.1, -0.05) is 12.1 Å². The quantitative estimate of drug-likeness (QED) is 0.426. The minimum absolute atomic E-state index is 0.388. The Morgan fingerprint density at radius 1 is 0.946 bits per heavy atom. The molecule has 7 heteroatoms.